The van der Waals surface area contributed by atoms with Gasteiger partial charge in [-0.1, -0.05) is 70.1 Å². The maximum atomic E-state index is 15.0. The quantitative estimate of drug-likeness (QED) is 0.102. The number of hydrogen-bond acceptors (Lipinski definition) is 7. The number of carbonyl (C=O) groups is 1. The summed E-state index contributed by atoms with van der Waals surface area (Å²) in [6.07, 6.45) is 1.73. The molecule has 49 heavy (non-hydrogen) atoms. The van der Waals surface area contributed by atoms with Gasteiger partial charge >= 0.3 is 0 Å². The van der Waals surface area contributed by atoms with Crippen LogP contribution < -0.4 is 10.1 Å². The molecule has 0 unspecified atom stereocenters. The number of nitrogens with zero attached hydrogens (tertiary/aromatic N) is 3. The van der Waals surface area contributed by atoms with E-state index in [2.05, 4.69) is 36.0 Å². The van der Waals surface area contributed by atoms with Gasteiger partial charge in [0.15, 0.2) is 5.16 Å². The first-order valence-electron chi connectivity index (χ1n) is 15.7. The molecule has 0 aliphatic rings. The third-order valence-electron chi connectivity index (χ3n) is 7.99. The Bertz CT molecular complexity index is 1810. The molecule has 1 heterocycles. The molecule has 0 saturated carbocycles. The zero-order valence-electron chi connectivity index (χ0n) is 28.5. The fraction of sp³-hybridized carbons (Fsp3) is 0.371. The van der Waals surface area contributed by atoms with Crippen molar-refractivity contribution in [3.05, 3.63) is 106 Å². The van der Waals surface area contributed by atoms with Crippen LogP contribution in [0.5, 0.6) is 5.75 Å². The van der Waals surface area contributed by atoms with Crippen LogP contribution in [0.1, 0.15) is 61.8 Å². The summed E-state index contributed by atoms with van der Waals surface area (Å²) in [4.78, 5) is 19.3. The lowest BCUT2D eigenvalue weighted by Crippen LogP contribution is -2.29. The first-order valence-corrected chi connectivity index (χ1v) is 18.7. The van der Waals surface area contributed by atoms with Crippen molar-refractivity contribution in [3.8, 4) is 11.4 Å². The number of nitrogens with one attached hydrogen (secondary N) is 1. The van der Waals surface area contributed by atoms with Crippen LogP contribution in [0.3, 0.4) is 0 Å². The van der Waals surface area contributed by atoms with Gasteiger partial charge in [-0.25, -0.2) is 13.8 Å². The Morgan fingerprint density at radius 3 is 2.24 bits per heavy atom. The molecule has 0 bridgehead atoms. The third-order valence-corrected chi connectivity index (χ3v) is 10.0. The maximum absolute atomic E-state index is 15.0. The highest BCUT2D eigenvalue weighted by molar-refractivity contribution is 7.98. The molecule has 0 aliphatic heterocycles. The first kappa shape index (κ1) is 39.9. The second-order valence-corrected chi connectivity index (χ2v) is 14.4. The fourth-order valence-corrected chi connectivity index (χ4v) is 6.46. The lowest BCUT2D eigenvalue weighted by atomic mass is 9.81. The number of ether oxygens (including phenoxy) is 1. The molecular formula is C35H43ClF2N4O5S2. The molecule has 1 amide bonds. The van der Waals surface area contributed by atoms with Gasteiger partial charge in [0.1, 0.15) is 17.4 Å². The van der Waals surface area contributed by atoms with E-state index in [1.807, 2.05) is 30.5 Å². The average Bonchev–Trinajstić information content (AvgIpc) is 3.50. The molecule has 3 aromatic carbocycles. The highest BCUT2D eigenvalue weighted by Crippen LogP contribution is 2.39. The van der Waals surface area contributed by atoms with Crippen molar-refractivity contribution in [2.45, 2.75) is 50.9 Å². The number of hydrogen-bond donors (Lipinski definition) is 2. The van der Waals surface area contributed by atoms with E-state index in [9.17, 15) is 22.0 Å². The van der Waals surface area contributed by atoms with E-state index in [-0.39, 0.29) is 23.7 Å². The van der Waals surface area contributed by atoms with Gasteiger partial charge in [-0.2, -0.15) is 8.42 Å². The van der Waals surface area contributed by atoms with Gasteiger partial charge in [0, 0.05) is 29.0 Å². The Labute approximate surface area is 296 Å². The van der Waals surface area contributed by atoms with Gasteiger partial charge in [-0.3, -0.25) is 13.9 Å². The number of imidazole rings is 1. The fourth-order valence-electron chi connectivity index (χ4n) is 4.93. The molecule has 4 aromatic rings. The zero-order chi connectivity index (χ0) is 36.4. The molecule has 0 aliphatic carbocycles. The van der Waals surface area contributed by atoms with E-state index in [1.54, 1.807) is 24.4 Å². The predicted molar refractivity (Wildman–Crippen MR) is 192 cm³/mol. The summed E-state index contributed by atoms with van der Waals surface area (Å²) >= 11 is 7.51. The summed E-state index contributed by atoms with van der Waals surface area (Å²) in [7, 11) is -2.69. The summed E-state index contributed by atoms with van der Waals surface area (Å²) in [5.74, 6) is -1.64. The van der Waals surface area contributed by atoms with Crippen LogP contribution in [-0.4, -0.2) is 72.4 Å². The molecule has 0 radical (unpaired) electrons. The highest BCUT2D eigenvalue weighted by Gasteiger charge is 2.30. The Hall–Kier alpha value is -3.49. The number of carbonyl (C=O) groups excluding carboxylic acids is 1. The van der Waals surface area contributed by atoms with Crippen LogP contribution in [0.2, 0.25) is 5.02 Å². The van der Waals surface area contributed by atoms with Crippen molar-refractivity contribution in [2.75, 3.05) is 39.0 Å². The molecule has 1 aromatic heterocycles. The Kier molecular flexibility index (Phi) is 14.6. The molecule has 0 fully saturated rings. The molecule has 2 N–H and O–H groups in total. The Morgan fingerprint density at radius 2 is 1.69 bits per heavy atom. The van der Waals surface area contributed by atoms with Crippen LogP contribution in [0, 0.1) is 11.6 Å². The van der Waals surface area contributed by atoms with E-state index in [1.165, 1.54) is 62.8 Å². The molecule has 266 valence electrons. The summed E-state index contributed by atoms with van der Waals surface area (Å²) in [6.45, 7) is 13.8. The minimum absolute atomic E-state index is 0.00632. The van der Waals surface area contributed by atoms with Crippen molar-refractivity contribution in [2.24, 2.45) is 0 Å². The second kappa shape index (κ2) is 18.0. The van der Waals surface area contributed by atoms with E-state index < -0.39 is 33.0 Å². The van der Waals surface area contributed by atoms with Crippen molar-refractivity contribution >= 4 is 39.4 Å². The SMILES string of the molecule is CCN(CC)CC.COc1cc(C(C)(C)c2cnc(SCc3ccc(C(=O)NCCS(=O)(=O)O)cc3F)n2-c2ccc(F)cc2)ccc1Cl. The van der Waals surface area contributed by atoms with Crippen molar-refractivity contribution in [1.29, 1.82) is 0 Å². The highest BCUT2D eigenvalue weighted by atomic mass is 35.5. The van der Waals surface area contributed by atoms with Crippen molar-refractivity contribution < 1.29 is 31.3 Å². The molecular weight excluding hydrogens is 694 g/mol. The van der Waals surface area contributed by atoms with Crippen LogP contribution >= 0.6 is 23.4 Å². The van der Waals surface area contributed by atoms with Crippen molar-refractivity contribution in [1.82, 2.24) is 19.8 Å². The summed E-state index contributed by atoms with van der Waals surface area (Å²) in [6, 6.07) is 15.4. The van der Waals surface area contributed by atoms with E-state index in [0.717, 1.165) is 17.3 Å². The minimum atomic E-state index is -4.23. The summed E-state index contributed by atoms with van der Waals surface area (Å²) < 4.78 is 66.6. The number of benzene rings is 3. The number of amides is 1. The summed E-state index contributed by atoms with van der Waals surface area (Å²) in [5, 5.41) is 3.34. The first-order chi connectivity index (χ1) is 23.1. The number of rotatable bonds is 14. The normalized spacial score (nSPS) is 11.7. The van der Waals surface area contributed by atoms with E-state index >= 15 is 0 Å². The molecule has 0 atom stereocenters. The smallest absolute Gasteiger partial charge is 0.266 e. The number of methoxy groups -OCH3 is 1. The van der Waals surface area contributed by atoms with Gasteiger partial charge in [0.2, 0.25) is 0 Å². The monoisotopic (exact) mass is 736 g/mol. The molecule has 4 rings (SSSR count). The van der Waals surface area contributed by atoms with Gasteiger partial charge in [0.05, 0.1) is 29.8 Å². The van der Waals surface area contributed by atoms with E-state index in [0.29, 0.717) is 27.2 Å². The molecule has 0 spiro atoms. The standard InChI is InChI=1S/C29H28ClF2N3O5S2.C6H15N/c1-29(2,20-6-11-23(30)25(15-20)40-3)26-16-34-28(35(26)22-9-7-21(31)8-10-22)41-17-19-5-4-18(14-24(19)32)27(36)33-12-13-42(37,38)39;1-4-7(5-2)6-3/h4-11,14-16H,12-13,17H2,1-3H3,(H,33,36)(H,37,38,39);4-6H2,1-3H3. The number of thioether (sulfide) groups is 1. The van der Waals surface area contributed by atoms with Crippen LogP contribution in [-0.2, 0) is 21.3 Å². The minimum Gasteiger partial charge on any atom is -0.495 e. The van der Waals surface area contributed by atoms with Gasteiger partial charge in [0.25, 0.3) is 16.0 Å². The number of aromatic nitrogens is 2. The van der Waals surface area contributed by atoms with Crippen molar-refractivity contribution in [3.63, 3.8) is 0 Å². The molecule has 14 heteroatoms. The second-order valence-electron chi connectivity index (χ2n) is 11.5. The van der Waals surface area contributed by atoms with Gasteiger partial charge in [-0.05, 0) is 79.3 Å². The summed E-state index contributed by atoms with van der Waals surface area (Å²) in [5.41, 5.74) is 2.07. The topological polar surface area (TPSA) is 114 Å². The largest absolute Gasteiger partial charge is 0.495 e. The van der Waals surface area contributed by atoms with Gasteiger partial charge < -0.3 is 15.0 Å². The maximum Gasteiger partial charge on any atom is 0.266 e. The Morgan fingerprint density at radius 1 is 1.04 bits per heavy atom. The lowest BCUT2D eigenvalue weighted by Gasteiger charge is -2.28. The zero-order valence-corrected chi connectivity index (χ0v) is 30.9. The average molecular weight is 737 g/mol. The molecule has 0 saturated heterocycles. The molecule has 9 nitrogen and oxygen atoms in total. The van der Waals surface area contributed by atoms with E-state index in [4.69, 9.17) is 20.9 Å². The van der Waals surface area contributed by atoms with Crippen LogP contribution in [0.4, 0.5) is 8.78 Å². The van der Waals surface area contributed by atoms with Crippen LogP contribution in [0.15, 0.2) is 72.0 Å². The van der Waals surface area contributed by atoms with Gasteiger partial charge in [-0.15, -0.1) is 0 Å². The van der Waals surface area contributed by atoms with Crippen LogP contribution in [0.25, 0.3) is 5.69 Å². The third kappa shape index (κ3) is 11.0. The predicted octanol–water partition coefficient (Wildman–Crippen LogP) is 7.40. The lowest BCUT2D eigenvalue weighted by molar-refractivity contribution is 0.0955. The Balaban J connectivity index is 0.000000838. The number of halogens is 3.